The highest BCUT2D eigenvalue weighted by Gasteiger charge is 2.74. The number of fused-ring (bicyclic) bond motifs is 3. The van der Waals surface area contributed by atoms with Gasteiger partial charge in [-0.3, -0.25) is 14.4 Å². The number of ether oxygens (including phenoxy) is 1. The molecule has 41 heavy (non-hydrogen) atoms. The molecule has 7 nitrogen and oxygen atoms in total. The summed E-state index contributed by atoms with van der Waals surface area (Å²) in [4.78, 5) is 46.2. The number of likely N-dealkylation sites (tertiary alicyclic amines) is 1. The number of amides is 2. The van der Waals surface area contributed by atoms with Crippen LogP contribution in [-0.2, 0) is 19.1 Å². The van der Waals surface area contributed by atoms with Crippen LogP contribution in [0.15, 0.2) is 97.1 Å². The topological polar surface area (TPSA) is 87.1 Å². The van der Waals surface area contributed by atoms with E-state index in [0.717, 1.165) is 22.0 Å². The zero-order valence-electron chi connectivity index (χ0n) is 22.6. The van der Waals surface area contributed by atoms with Crippen molar-refractivity contribution >= 4 is 46.0 Å². The molecule has 2 fully saturated rings. The number of nitrogens with zero attached hydrogens (tertiary/aromatic N) is 2. The van der Waals surface area contributed by atoms with Crippen molar-refractivity contribution in [2.24, 2.45) is 11.8 Å². The van der Waals surface area contributed by atoms with E-state index in [9.17, 15) is 19.5 Å². The molecule has 4 aliphatic heterocycles. The van der Waals surface area contributed by atoms with E-state index in [-0.39, 0.29) is 25.0 Å². The molecular weight excluding hydrogens is 536 g/mol. The SMILES string of the molecule is C[C@@]12C=CCOC(=O)[C@@H]1[C@H]1C(=O)N([C@H](CO)c3ccccc3)C3C(=O)N(c4ccc5ccccc5c4)CC=C[C@@]31S2. The van der Waals surface area contributed by atoms with Gasteiger partial charge in [-0.15, -0.1) is 11.8 Å². The first-order chi connectivity index (χ1) is 19.9. The second kappa shape index (κ2) is 9.60. The smallest absolute Gasteiger partial charge is 0.311 e. The highest BCUT2D eigenvalue weighted by atomic mass is 32.2. The molecule has 1 spiro atoms. The lowest BCUT2D eigenvalue weighted by Crippen LogP contribution is -2.54. The molecule has 2 amide bonds. The van der Waals surface area contributed by atoms with Gasteiger partial charge in [-0.05, 0) is 41.5 Å². The van der Waals surface area contributed by atoms with E-state index in [1.54, 1.807) is 9.80 Å². The third-order valence-corrected chi connectivity index (χ3v) is 10.8. The maximum Gasteiger partial charge on any atom is 0.311 e. The summed E-state index contributed by atoms with van der Waals surface area (Å²) in [5.74, 6) is -2.58. The van der Waals surface area contributed by atoms with Crippen LogP contribution in [0.1, 0.15) is 18.5 Å². The molecule has 0 bridgehead atoms. The Morgan fingerprint density at radius 2 is 1.68 bits per heavy atom. The van der Waals surface area contributed by atoms with Gasteiger partial charge in [0.15, 0.2) is 0 Å². The number of aliphatic hydroxyl groups excluding tert-OH is 1. The quantitative estimate of drug-likeness (QED) is 0.375. The molecule has 4 heterocycles. The molecule has 7 rings (SSSR count). The van der Waals surface area contributed by atoms with Crippen molar-refractivity contribution in [2.45, 2.75) is 28.5 Å². The van der Waals surface area contributed by atoms with Gasteiger partial charge in [-0.1, -0.05) is 78.9 Å². The summed E-state index contributed by atoms with van der Waals surface area (Å²) >= 11 is 1.50. The Kier molecular flexibility index (Phi) is 6.10. The second-order valence-corrected chi connectivity index (χ2v) is 13.1. The van der Waals surface area contributed by atoms with Crippen LogP contribution in [0.25, 0.3) is 10.8 Å². The first-order valence-electron chi connectivity index (χ1n) is 13.9. The summed E-state index contributed by atoms with van der Waals surface area (Å²) < 4.78 is 3.77. The monoisotopic (exact) mass is 566 g/mol. The van der Waals surface area contributed by atoms with E-state index in [4.69, 9.17) is 4.74 Å². The summed E-state index contributed by atoms with van der Waals surface area (Å²) in [6.45, 7) is 2.07. The number of esters is 1. The number of carbonyl (C=O) groups excluding carboxylic acids is 3. The van der Waals surface area contributed by atoms with Crippen LogP contribution in [0.2, 0.25) is 0 Å². The van der Waals surface area contributed by atoms with Crippen LogP contribution in [0.3, 0.4) is 0 Å². The zero-order chi connectivity index (χ0) is 28.4. The van der Waals surface area contributed by atoms with Crippen molar-refractivity contribution in [3.8, 4) is 0 Å². The lowest BCUT2D eigenvalue weighted by atomic mass is 9.75. The fourth-order valence-electron chi connectivity index (χ4n) is 7.24. The van der Waals surface area contributed by atoms with Crippen LogP contribution < -0.4 is 4.90 Å². The zero-order valence-corrected chi connectivity index (χ0v) is 23.4. The van der Waals surface area contributed by atoms with Gasteiger partial charge in [-0.2, -0.15) is 0 Å². The van der Waals surface area contributed by atoms with E-state index in [0.29, 0.717) is 6.54 Å². The number of hydrogen-bond donors (Lipinski definition) is 1. The number of anilines is 1. The molecule has 1 unspecified atom stereocenters. The van der Waals surface area contributed by atoms with E-state index in [1.165, 1.54) is 11.8 Å². The van der Waals surface area contributed by atoms with Gasteiger partial charge in [0.25, 0.3) is 5.91 Å². The molecule has 8 heteroatoms. The molecule has 1 N–H and O–H groups in total. The number of carbonyl (C=O) groups is 3. The van der Waals surface area contributed by atoms with Crippen molar-refractivity contribution in [1.29, 1.82) is 0 Å². The van der Waals surface area contributed by atoms with Crippen molar-refractivity contribution in [3.05, 3.63) is 103 Å². The normalized spacial score (nSPS) is 31.4. The summed E-state index contributed by atoms with van der Waals surface area (Å²) in [6, 6.07) is 21.5. The predicted molar refractivity (Wildman–Crippen MR) is 158 cm³/mol. The fourth-order valence-corrected chi connectivity index (χ4v) is 9.38. The summed E-state index contributed by atoms with van der Waals surface area (Å²) in [5.41, 5.74) is 1.46. The minimum atomic E-state index is -1.03. The molecule has 0 aromatic heterocycles. The van der Waals surface area contributed by atoms with Crippen LogP contribution in [0, 0.1) is 11.8 Å². The standard InChI is InChI=1S/C33H30N2O5S/c1-32-15-8-18-40-31(39)27(32)26-29(37)35(25(20-36)22-10-3-2-4-11-22)28-30(38)34(17-7-16-33(26,28)41-32)24-14-13-21-9-5-6-12-23(21)19-24/h2-16,19,25-28,36H,17-18,20H2,1H3/t25-,26+,27+,28?,32-,33+/m1/s1. The third kappa shape index (κ3) is 3.81. The maximum absolute atomic E-state index is 14.8. The largest absolute Gasteiger partial charge is 0.461 e. The highest BCUT2D eigenvalue weighted by molar-refractivity contribution is 8.02. The Morgan fingerprint density at radius 1 is 0.927 bits per heavy atom. The molecule has 4 aliphatic rings. The van der Waals surface area contributed by atoms with Crippen molar-refractivity contribution in [3.63, 3.8) is 0 Å². The van der Waals surface area contributed by atoms with Crippen LogP contribution in [-0.4, -0.2) is 63.1 Å². The van der Waals surface area contributed by atoms with Crippen LogP contribution in [0.5, 0.6) is 0 Å². The molecule has 0 radical (unpaired) electrons. The van der Waals surface area contributed by atoms with Gasteiger partial charge in [0.2, 0.25) is 5.91 Å². The highest BCUT2D eigenvalue weighted by Crippen LogP contribution is 2.66. The van der Waals surface area contributed by atoms with E-state index in [2.05, 4.69) is 0 Å². The van der Waals surface area contributed by atoms with E-state index in [1.807, 2.05) is 104 Å². The Balaban J connectivity index is 1.40. The molecule has 3 aromatic rings. The first kappa shape index (κ1) is 26.0. The lowest BCUT2D eigenvalue weighted by Gasteiger charge is -2.39. The maximum atomic E-state index is 14.8. The van der Waals surface area contributed by atoms with Gasteiger partial charge in [0.1, 0.15) is 12.6 Å². The summed E-state index contributed by atoms with van der Waals surface area (Å²) in [6.07, 6.45) is 7.71. The minimum Gasteiger partial charge on any atom is -0.461 e. The lowest BCUT2D eigenvalue weighted by molar-refractivity contribution is -0.153. The Hall–Kier alpha value is -3.88. The van der Waals surface area contributed by atoms with Gasteiger partial charge >= 0.3 is 5.97 Å². The molecule has 2 saturated heterocycles. The Morgan fingerprint density at radius 3 is 2.46 bits per heavy atom. The second-order valence-electron chi connectivity index (χ2n) is 11.3. The van der Waals surface area contributed by atoms with E-state index < -0.39 is 39.4 Å². The molecule has 0 aliphatic carbocycles. The number of thioether (sulfide) groups is 1. The van der Waals surface area contributed by atoms with Crippen LogP contribution in [0.4, 0.5) is 5.69 Å². The first-order valence-corrected chi connectivity index (χ1v) is 14.7. The Bertz CT molecular complexity index is 1620. The average molecular weight is 567 g/mol. The molecule has 6 atom stereocenters. The van der Waals surface area contributed by atoms with Gasteiger partial charge in [-0.25, -0.2) is 0 Å². The van der Waals surface area contributed by atoms with Crippen molar-refractivity contribution in [1.82, 2.24) is 4.90 Å². The third-order valence-electron chi connectivity index (χ3n) is 8.99. The summed E-state index contributed by atoms with van der Waals surface area (Å²) in [7, 11) is 0. The number of aliphatic hydroxyl groups is 1. The molecule has 0 saturated carbocycles. The minimum absolute atomic E-state index is 0.153. The molecule has 208 valence electrons. The number of rotatable bonds is 4. The van der Waals surface area contributed by atoms with Crippen molar-refractivity contribution < 1.29 is 24.2 Å². The number of benzene rings is 3. The number of cyclic esters (lactones) is 1. The summed E-state index contributed by atoms with van der Waals surface area (Å²) in [5, 5.41) is 12.8. The fraction of sp³-hybridized carbons (Fsp3) is 0.303. The Labute approximate surface area is 242 Å². The van der Waals surface area contributed by atoms with Gasteiger partial charge in [0.05, 0.1) is 29.2 Å². The van der Waals surface area contributed by atoms with Crippen molar-refractivity contribution in [2.75, 3.05) is 24.7 Å². The predicted octanol–water partition coefficient (Wildman–Crippen LogP) is 4.28. The number of hydrogen-bond acceptors (Lipinski definition) is 6. The average Bonchev–Trinajstić information content (AvgIpc) is 3.24. The molecular formula is C33H30N2O5S. The van der Waals surface area contributed by atoms with Gasteiger partial charge in [0, 0.05) is 17.0 Å². The van der Waals surface area contributed by atoms with Gasteiger partial charge < -0.3 is 19.6 Å². The van der Waals surface area contributed by atoms with E-state index >= 15 is 0 Å². The van der Waals surface area contributed by atoms with Crippen LogP contribution >= 0.6 is 11.8 Å². The molecule has 3 aromatic carbocycles.